The smallest absolute Gasteiger partial charge is 0.307 e. The Labute approximate surface area is 208 Å². The van der Waals surface area contributed by atoms with Gasteiger partial charge in [0.1, 0.15) is 0 Å². The van der Waals surface area contributed by atoms with Crippen LogP contribution in [0, 0.1) is 5.92 Å². The van der Waals surface area contributed by atoms with E-state index in [1.165, 1.54) is 30.6 Å². The van der Waals surface area contributed by atoms with Crippen molar-refractivity contribution in [1.29, 1.82) is 0 Å². The zero-order valence-corrected chi connectivity index (χ0v) is 20.6. The zero-order chi connectivity index (χ0) is 23.8. The number of rotatable bonds is 5. The van der Waals surface area contributed by atoms with Crippen molar-refractivity contribution in [3.05, 3.63) is 82.4 Å². The lowest BCUT2D eigenvalue weighted by Crippen LogP contribution is -2.27. The highest BCUT2D eigenvalue weighted by molar-refractivity contribution is 7.16. The van der Waals surface area contributed by atoms with Crippen molar-refractivity contribution in [1.82, 2.24) is 19.9 Å². The van der Waals surface area contributed by atoms with E-state index in [4.69, 9.17) is 9.97 Å². The van der Waals surface area contributed by atoms with E-state index in [9.17, 15) is 4.79 Å². The fourth-order valence-electron chi connectivity index (χ4n) is 5.12. The van der Waals surface area contributed by atoms with Crippen molar-refractivity contribution in [2.75, 3.05) is 13.1 Å². The van der Waals surface area contributed by atoms with E-state index in [1.807, 2.05) is 25.5 Å². The van der Waals surface area contributed by atoms with E-state index in [0.717, 1.165) is 74.5 Å². The molecule has 35 heavy (non-hydrogen) atoms. The molecule has 3 aromatic heterocycles. The maximum Gasteiger partial charge on any atom is 0.307 e. The summed E-state index contributed by atoms with van der Waals surface area (Å²) in [4.78, 5) is 21.7. The largest absolute Gasteiger partial charge is 0.317 e. The highest BCUT2D eigenvalue weighted by Gasteiger charge is 2.14. The Hall–Kier alpha value is -3.35. The predicted octanol–water partition coefficient (Wildman–Crippen LogP) is 5.81. The van der Waals surface area contributed by atoms with Gasteiger partial charge in [-0.2, -0.15) is 0 Å². The molecule has 0 aliphatic carbocycles. The van der Waals surface area contributed by atoms with Gasteiger partial charge in [0.15, 0.2) is 0 Å². The lowest BCUT2D eigenvalue weighted by molar-refractivity contribution is 0.353. The molecule has 0 atom stereocenters. The second-order valence-corrected chi connectivity index (χ2v) is 10.5. The van der Waals surface area contributed by atoms with Crippen LogP contribution in [0.25, 0.3) is 43.4 Å². The number of aromatic nitrogens is 3. The molecule has 0 amide bonds. The number of hydrogen-bond donors (Lipinski definition) is 1. The third kappa shape index (κ3) is 4.40. The number of fused-ring (bicyclic) bond motifs is 2. The van der Waals surface area contributed by atoms with E-state index in [0.29, 0.717) is 0 Å². The quantitative estimate of drug-likeness (QED) is 0.345. The molecular formula is C29H28N4OS. The summed E-state index contributed by atoms with van der Waals surface area (Å²) in [6.45, 7) is 2.29. The van der Waals surface area contributed by atoms with Gasteiger partial charge in [-0.1, -0.05) is 35.6 Å². The summed E-state index contributed by atoms with van der Waals surface area (Å²) in [6.07, 6.45) is 8.74. The predicted molar refractivity (Wildman–Crippen MR) is 145 cm³/mol. The van der Waals surface area contributed by atoms with Crippen LogP contribution in [0.15, 0.2) is 71.8 Å². The van der Waals surface area contributed by atoms with Crippen molar-refractivity contribution in [3.63, 3.8) is 0 Å². The lowest BCUT2D eigenvalue weighted by Gasteiger charge is -2.22. The molecule has 6 rings (SSSR count). The molecule has 6 heteroatoms. The summed E-state index contributed by atoms with van der Waals surface area (Å²) in [5.74, 6) is 0.819. The van der Waals surface area contributed by atoms with Crippen LogP contribution >= 0.6 is 11.3 Å². The Morgan fingerprint density at radius 2 is 1.86 bits per heavy atom. The van der Waals surface area contributed by atoms with E-state index < -0.39 is 0 Å². The Morgan fingerprint density at radius 3 is 2.69 bits per heavy atom. The molecule has 1 aliphatic heterocycles. The first kappa shape index (κ1) is 22.1. The maximum absolute atomic E-state index is 12.1. The minimum Gasteiger partial charge on any atom is -0.317 e. The Morgan fingerprint density at radius 1 is 1.00 bits per heavy atom. The molecular weight excluding hydrogens is 452 g/mol. The average Bonchev–Trinajstić information content (AvgIpc) is 3.20. The number of pyridine rings is 2. The average molecular weight is 481 g/mol. The minimum atomic E-state index is 0.0623. The van der Waals surface area contributed by atoms with Crippen LogP contribution in [0.3, 0.4) is 0 Å². The normalized spacial score (nSPS) is 14.7. The maximum atomic E-state index is 12.1. The highest BCUT2D eigenvalue weighted by Crippen LogP contribution is 2.32. The molecule has 1 fully saturated rings. The van der Waals surface area contributed by atoms with Crippen molar-refractivity contribution in [2.24, 2.45) is 13.0 Å². The van der Waals surface area contributed by atoms with Gasteiger partial charge in [0.25, 0.3) is 0 Å². The first-order chi connectivity index (χ1) is 17.2. The Kier molecular flexibility index (Phi) is 5.92. The molecule has 4 heterocycles. The van der Waals surface area contributed by atoms with E-state index in [-0.39, 0.29) is 4.87 Å². The van der Waals surface area contributed by atoms with Crippen LogP contribution in [-0.4, -0.2) is 27.6 Å². The third-order valence-electron chi connectivity index (χ3n) is 7.26. The summed E-state index contributed by atoms with van der Waals surface area (Å²) in [5, 5.41) is 5.68. The van der Waals surface area contributed by atoms with Gasteiger partial charge in [-0.05, 0) is 91.5 Å². The topological polar surface area (TPSA) is 59.8 Å². The number of thiazole rings is 1. The van der Waals surface area contributed by atoms with Gasteiger partial charge >= 0.3 is 4.87 Å². The molecule has 0 saturated carbocycles. The van der Waals surface area contributed by atoms with Crippen molar-refractivity contribution < 1.29 is 0 Å². The summed E-state index contributed by atoms with van der Waals surface area (Å²) in [5.41, 5.74) is 6.30. The van der Waals surface area contributed by atoms with E-state index >= 15 is 0 Å². The first-order valence-corrected chi connectivity index (χ1v) is 13.1. The van der Waals surface area contributed by atoms with Crippen LogP contribution in [0.4, 0.5) is 0 Å². The molecule has 1 aliphatic rings. The van der Waals surface area contributed by atoms with Gasteiger partial charge in [-0.25, -0.2) is 0 Å². The number of nitrogens with one attached hydrogen (secondary N) is 1. The second-order valence-electron chi connectivity index (χ2n) is 9.48. The zero-order valence-electron chi connectivity index (χ0n) is 19.8. The number of piperidine rings is 1. The van der Waals surface area contributed by atoms with Gasteiger partial charge in [0.05, 0.1) is 15.9 Å². The van der Waals surface area contributed by atoms with E-state index in [2.05, 4.69) is 53.8 Å². The van der Waals surface area contributed by atoms with Crippen LogP contribution in [-0.2, 0) is 13.5 Å². The first-order valence-electron chi connectivity index (χ1n) is 12.3. The molecule has 5 aromatic rings. The van der Waals surface area contributed by atoms with Gasteiger partial charge in [0, 0.05) is 36.1 Å². The van der Waals surface area contributed by atoms with Crippen LogP contribution < -0.4 is 10.2 Å². The molecule has 2 aromatic carbocycles. The highest BCUT2D eigenvalue weighted by atomic mass is 32.1. The fraction of sp³-hybridized carbons (Fsp3) is 0.276. The van der Waals surface area contributed by atoms with Gasteiger partial charge in [0.2, 0.25) is 0 Å². The summed E-state index contributed by atoms with van der Waals surface area (Å²) in [6, 6.07) is 19.0. The summed E-state index contributed by atoms with van der Waals surface area (Å²) < 4.78 is 2.72. The third-order valence-corrected chi connectivity index (χ3v) is 8.27. The molecule has 0 unspecified atom stereocenters. The molecule has 0 bridgehead atoms. The number of benzene rings is 2. The molecule has 176 valence electrons. The van der Waals surface area contributed by atoms with Crippen LogP contribution in [0.2, 0.25) is 0 Å². The van der Waals surface area contributed by atoms with E-state index in [1.54, 1.807) is 4.57 Å². The standard InChI is InChI=1S/C29H28N4OS/c1-33-27-16-21(7-10-28(27)35-29(33)34)24-4-2-3-20-15-26(32-18-25(20)24)22-6-9-23(31-17-22)8-5-19-11-13-30-14-12-19/h2-4,6-7,9-10,15-19,30H,5,8,11-14H2,1H3. The lowest BCUT2D eigenvalue weighted by atomic mass is 9.92. The van der Waals surface area contributed by atoms with Gasteiger partial charge < -0.3 is 9.88 Å². The molecule has 1 N–H and O–H groups in total. The molecule has 1 saturated heterocycles. The number of aryl methyl sites for hydroxylation is 2. The van der Waals surface area contributed by atoms with Crippen LogP contribution in [0.5, 0.6) is 0 Å². The monoisotopic (exact) mass is 480 g/mol. The van der Waals surface area contributed by atoms with Crippen molar-refractivity contribution in [3.8, 4) is 22.4 Å². The number of nitrogens with zero attached hydrogens (tertiary/aromatic N) is 3. The van der Waals surface area contributed by atoms with Gasteiger partial charge in [-0.15, -0.1) is 0 Å². The number of hydrogen-bond acceptors (Lipinski definition) is 5. The fourth-order valence-corrected chi connectivity index (χ4v) is 5.98. The SMILES string of the molecule is Cn1c(=O)sc2ccc(-c3cccc4cc(-c5ccc(CCC6CCNCC6)nc5)ncc34)cc21. The summed E-state index contributed by atoms with van der Waals surface area (Å²) >= 11 is 1.28. The van der Waals surface area contributed by atoms with Crippen molar-refractivity contribution >= 4 is 32.3 Å². The molecule has 5 nitrogen and oxygen atoms in total. The van der Waals surface area contributed by atoms with Gasteiger partial charge in [-0.3, -0.25) is 14.8 Å². The Balaban J connectivity index is 1.27. The Bertz CT molecular complexity index is 1560. The second kappa shape index (κ2) is 9.36. The summed E-state index contributed by atoms with van der Waals surface area (Å²) in [7, 11) is 1.83. The molecule has 0 radical (unpaired) electrons. The molecule has 0 spiro atoms. The minimum absolute atomic E-state index is 0.0623. The van der Waals surface area contributed by atoms with Crippen molar-refractivity contribution in [2.45, 2.75) is 25.7 Å². The van der Waals surface area contributed by atoms with Crippen LogP contribution in [0.1, 0.15) is 25.0 Å².